The molecular formula is C24H24N4O6S. The smallest absolute Gasteiger partial charge is 0.412 e. The predicted octanol–water partition coefficient (Wildman–Crippen LogP) is 3.23. The Kier molecular flexibility index (Phi) is 7.84. The molecule has 10 nitrogen and oxygen atoms in total. The lowest BCUT2D eigenvalue weighted by atomic mass is 9.95. The van der Waals surface area contributed by atoms with Crippen LogP contribution in [0.2, 0.25) is 0 Å². The number of methoxy groups -OCH3 is 1. The number of rotatable bonds is 7. The summed E-state index contributed by atoms with van der Waals surface area (Å²) in [6.07, 6.45) is -1.72. The van der Waals surface area contributed by atoms with E-state index in [9.17, 15) is 23.1 Å². The number of ether oxygens (including phenoxy) is 1. The van der Waals surface area contributed by atoms with Gasteiger partial charge in [0.2, 0.25) is 10.0 Å². The second-order valence-electron chi connectivity index (χ2n) is 7.56. The zero-order valence-corrected chi connectivity index (χ0v) is 19.5. The molecular weight excluding hydrogens is 472 g/mol. The standard InChI is InChI=1S/C24H24N4O6S/c1-34-24(31)28-22(25)18-6-4-5-15(13-18)14-20(27-23(29)30)17-11-9-16(10-12-17)19-7-2-3-8-21(19)35(26,32)33/h2-13,20,27H,14H2,1H3,(H,29,30)(H2,25,28,31)(H2,26,32,33). The first-order chi connectivity index (χ1) is 16.6. The molecule has 0 saturated carbocycles. The van der Waals surface area contributed by atoms with Gasteiger partial charge in [-0.3, -0.25) is 10.7 Å². The Hall–Kier alpha value is -4.22. The summed E-state index contributed by atoms with van der Waals surface area (Å²) in [5.41, 5.74) is 2.85. The predicted molar refractivity (Wildman–Crippen MR) is 130 cm³/mol. The molecule has 3 aromatic rings. The number of carboxylic acid groups (broad SMARTS) is 1. The van der Waals surface area contributed by atoms with E-state index in [0.29, 0.717) is 22.3 Å². The van der Waals surface area contributed by atoms with Crippen LogP contribution < -0.4 is 15.8 Å². The maximum absolute atomic E-state index is 11.9. The first-order valence-corrected chi connectivity index (χ1v) is 11.9. The van der Waals surface area contributed by atoms with E-state index in [1.165, 1.54) is 13.2 Å². The number of nitrogens with two attached hydrogens (primary N) is 1. The lowest BCUT2D eigenvalue weighted by Gasteiger charge is -2.19. The number of hydrogen-bond acceptors (Lipinski definition) is 6. The third-order valence-corrected chi connectivity index (χ3v) is 6.15. The number of sulfonamides is 1. The number of alkyl carbamates (subject to hydrolysis) is 1. The first-order valence-electron chi connectivity index (χ1n) is 10.3. The summed E-state index contributed by atoms with van der Waals surface area (Å²) in [7, 11) is -2.73. The highest BCUT2D eigenvalue weighted by Gasteiger charge is 2.18. The number of carbonyl (C=O) groups excluding carboxylic acids is 1. The first kappa shape index (κ1) is 25.4. The van der Waals surface area contributed by atoms with Gasteiger partial charge in [-0.05, 0) is 35.2 Å². The van der Waals surface area contributed by atoms with Gasteiger partial charge in [-0.15, -0.1) is 0 Å². The number of carbonyl (C=O) groups is 2. The Morgan fingerprint density at radius 2 is 1.74 bits per heavy atom. The number of hydrogen-bond donors (Lipinski definition) is 5. The number of amidine groups is 1. The fourth-order valence-corrected chi connectivity index (χ4v) is 4.32. The van der Waals surface area contributed by atoms with Crippen molar-refractivity contribution in [1.29, 1.82) is 5.41 Å². The SMILES string of the molecule is COC(=O)NC(=N)c1cccc(CC(NC(=O)O)c2ccc(-c3ccccc3S(N)(=O)=O)cc2)c1. The van der Waals surface area contributed by atoms with Gasteiger partial charge in [0.25, 0.3) is 0 Å². The van der Waals surface area contributed by atoms with E-state index in [2.05, 4.69) is 15.4 Å². The number of primary sulfonamides is 1. The Labute approximate surface area is 202 Å². The summed E-state index contributed by atoms with van der Waals surface area (Å²) in [6.45, 7) is 0. The van der Waals surface area contributed by atoms with Crippen molar-refractivity contribution < 1.29 is 27.9 Å². The third-order valence-electron chi connectivity index (χ3n) is 5.18. The molecule has 3 aromatic carbocycles. The van der Waals surface area contributed by atoms with Gasteiger partial charge in [-0.1, -0.05) is 60.7 Å². The summed E-state index contributed by atoms with van der Waals surface area (Å²) in [5.74, 6) is -0.153. The molecule has 0 aliphatic rings. The molecule has 1 unspecified atom stereocenters. The van der Waals surface area contributed by atoms with Crippen molar-refractivity contribution >= 4 is 28.0 Å². The molecule has 182 valence electrons. The molecule has 2 amide bonds. The molecule has 0 fully saturated rings. The van der Waals surface area contributed by atoms with E-state index in [1.807, 2.05) is 0 Å². The molecule has 0 bridgehead atoms. The molecule has 11 heteroatoms. The summed E-state index contributed by atoms with van der Waals surface area (Å²) in [6, 6.07) is 19.3. The average molecular weight is 497 g/mol. The number of amides is 2. The molecule has 0 heterocycles. The quantitative estimate of drug-likeness (QED) is 0.248. The van der Waals surface area contributed by atoms with Crippen molar-refractivity contribution in [2.75, 3.05) is 7.11 Å². The molecule has 6 N–H and O–H groups in total. The zero-order valence-electron chi connectivity index (χ0n) is 18.7. The van der Waals surface area contributed by atoms with Crippen LogP contribution in [-0.4, -0.2) is 38.7 Å². The molecule has 0 saturated heterocycles. The summed E-state index contributed by atoms with van der Waals surface area (Å²) < 4.78 is 28.4. The van der Waals surface area contributed by atoms with Crippen molar-refractivity contribution in [3.63, 3.8) is 0 Å². The third kappa shape index (κ3) is 6.65. The van der Waals surface area contributed by atoms with Crippen molar-refractivity contribution in [1.82, 2.24) is 10.6 Å². The van der Waals surface area contributed by atoms with Crippen molar-refractivity contribution in [3.05, 3.63) is 89.5 Å². The highest BCUT2D eigenvalue weighted by atomic mass is 32.2. The van der Waals surface area contributed by atoms with Crippen LogP contribution in [0.1, 0.15) is 22.7 Å². The molecule has 0 radical (unpaired) electrons. The van der Waals surface area contributed by atoms with Crippen LogP contribution in [0.4, 0.5) is 9.59 Å². The van der Waals surface area contributed by atoms with Gasteiger partial charge < -0.3 is 15.2 Å². The number of nitrogens with one attached hydrogen (secondary N) is 3. The normalized spacial score (nSPS) is 11.8. The van der Waals surface area contributed by atoms with E-state index in [1.54, 1.807) is 66.7 Å². The van der Waals surface area contributed by atoms with Crippen LogP contribution in [0.15, 0.2) is 77.7 Å². The van der Waals surface area contributed by atoms with Crippen molar-refractivity contribution in [2.45, 2.75) is 17.4 Å². The fraction of sp³-hybridized carbons (Fsp3) is 0.125. The largest absolute Gasteiger partial charge is 0.465 e. The lowest BCUT2D eigenvalue weighted by molar-refractivity contribution is 0.176. The molecule has 3 rings (SSSR count). The molecule has 0 aliphatic heterocycles. The molecule has 0 aliphatic carbocycles. The van der Waals surface area contributed by atoms with Crippen LogP contribution in [0.3, 0.4) is 0 Å². The van der Waals surface area contributed by atoms with E-state index < -0.39 is 28.3 Å². The summed E-state index contributed by atoms with van der Waals surface area (Å²) in [5, 5.41) is 27.5. The summed E-state index contributed by atoms with van der Waals surface area (Å²) in [4.78, 5) is 22.8. The van der Waals surface area contributed by atoms with Gasteiger partial charge in [0.15, 0.2) is 0 Å². The van der Waals surface area contributed by atoms with Gasteiger partial charge in [0.05, 0.1) is 18.0 Å². The average Bonchev–Trinajstić information content (AvgIpc) is 2.83. The second kappa shape index (κ2) is 10.8. The Morgan fingerprint density at radius 3 is 2.37 bits per heavy atom. The second-order valence-corrected chi connectivity index (χ2v) is 9.09. The van der Waals surface area contributed by atoms with Gasteiger partial charge in [-0.2, -0.15) is 0 Å². The van der Waals surface area contributed by atoms with Crippen molar-refractivity contribution in [3.8, 4) is 11.1 Å². The molecule has 0 aromatic heterocycles. The molecule has 0 spiro atoms. The minimum atomic E-state index is -3.93. The van der Waals surface area contributed by atoms with E-state index in [4.69, 9.17) is 10.5 Å². The van der Waals surface area contributed by atoms with Crippen LogP contribution in [0, 0.1) is 5.41 Å². The van der Waals surface area contributed by atoms with Gasteiger partial charge in [0, 0.05) is 11.1 Å². The van der Waals surface area contributed by atoms with Crippen LogP contribution in [-0.2, 0) is 21.2 Å². The van der Waals surface area contributed by atoms with Gasteiger partial charge in [-0.25, -0.2) is 23.1 Å². The molecule has 35 heavy (non-hydrogen) atoms. The van der Waals surface area contributed by atoms with E-state index in [-0.39, 0.29) is 17.2 Å². The maximum atomic E-state index is 11.9. The number of benzene rings is 3. The monoisotopic (exact) mass is 496 g/mol. The lowest BCUT2D eigenvalue weighted by Crippen LogP contribution is -2.30. The fourth-order valence-electron chi connectivity index (χ4n) is 3.56. The Balaban J connectivity index is 1.88. The van der Waals surface area contributed by atoms with Gasteiger partial charge in [0.1, 0.15) is 5.84 Å². The highest BCUT2D eigenvalue weighted by molar-refractivity contribution is 7.89. The Bertz CT molecular complexity index is 1360. The minimum Gasteiger partial charge on any atom is -0.465 e. The highest BCUT2D eigenvalue weighted by Crippen LogP contribution is 2.28. The molecule has 1 atom stereocenters. The van der Waals surface area contributed by atoms with E-state index >= 15 is 0 Å². The van der Waals surface area contributed by atoms with E-state index in [0.717, 1.165) is 5.56 Å². The zero-order chi connectivity index (χ0) is 25.6. The maximum Gasteiger partial charge on any atom is 0.412 e. The van der Waals surface area contributed by atoms with Crippen molar-refractivity contribution in [2.24, 2.45) is 5.14 Å². The minimum absolute atomic E-state index is 0.00668. The van der Waals surface area contributed by atoms with Crippen LogP contribution in [0.5, 0.6) is 0 Å². The van der Waals surface area contributed by atoms with Crippen LogP contribution >= 0.6 is 0 Å². The Morgan fingerprint density at radius 1 is 1.06 bits per heavy atom. The summed E-state index contributed by atoms with van der Waals surface area (Å²) >= 11 is 0. The topological polar surface area (TPSA) is 172 Å². The van der Waals surface area contributed by atoms with Gasteiger partial charge >= 0.3 is 12.2 Å². The van der Waals surface area contributed by atoms with Crippen LogP contribution in [0.25, 0.3) is 11.1 Å².